The molecular weight excluding hydrogens is 379 g/mol. The molecule has 0 heterocycles. The Labute approximate surface area is 130 Å². The van der Waals surface area contributed by atoms with Crippen LogP contribution in [-0.2, 0) is 0 Å². The van der Waals surface area contributed by atoms with E-state index < -0.39 is 0 Å². The Bertz CT molecular complexity index is 601. The Morgan fingerprint density at radius 2 is 1.89 bits per heavy atom. The number of halogens is 2. The fourth-order valence-electron chi connectivity index (χ4n) is 1.54. The average Bonchev–Trinajstić information content (AvgIpc) is 2.34. The minimum absolute atomic E-state index is 0.325. The highest BCUT2D eigenvalue weighted by molar-refractivity contribution is 14.1. The molecule has 0 saturated heterocycles. The first-order valence-corrected chi connectivity index (χ1v) is 7.05. The van der Waals surface area contributed by atoms with Crippen LogP contribution in [-0.4, -0.2) is 4.99 Å². The Morgan fingerprint density at radius 1 is 1.17 bits per heavy atom. The lowest BCUT2D eigenvalue weighted by molar-refractivity contribution is 1.50. The summed E-state index contributed by atoms with van der Waals surface area (Å²) in [5.74, 6) is 0. The van der Waals surface area contributed by atoms with Gasteiger partial charge in [-0.1, -0.05) is 36.0 Å². The van der Waals surface area contributed by atoms with Crippen LogP contribution in [0.5, 0.6) is 0 Å². The minimum atomic E-state index is 0.325. The van der Waals surface area contributed by atoms with Gasteiger partial charge in [0.1, 0.15) is 4.99 Å². The smallest absolute Gasteiger partial charge is 0.106 e. The molecule has 0 aromatic heterocycles. The molecule has 3 N–H and O–H groups in total. The molecule has 92 valence electrons. The molecule has 2 rings (SSSR count). The predicted octanol–water partition coefficient (Wildman–Crippen LogP) is 4.32. The van der Waals surface area contributed by atoms with E-state index in [1.807, 2.05) is 36.4 Å². The van der Waals surface area contributed by atoms with E-state index in [1.54, 1.807) is 6.07 Å². The van der Waals surface area contributed by atoms with Crippen molar-refractivity contribution in [1.82, 2.24) is 0 Å². The van der Waals surface area contributed by atoms with Gasteiger partial charge in [-0.05, 0) is 52.9 Å². The van der Waals surface area contributed by atoms with Crippen molar-refractivity contribution in [1.29, 1.82) is 0 Å². The molecule has 0 bridgehead atoms. The Kier molecular flexibility index (Phi) is 4.42. The summed E-state index contributed by atoms with van der Waals surface area (Å²) in [6, 6.07) is 13.4. The molecule has 0 fully saturated rings. The van der Waals surface area contributed by atoms with Crippen LogP contribution in [0.25, 0.3) is 0 Å². The molecule has 2 nitrogen and oxygen atoms in total. The Balaban J connectivity index is 2.41. The summed E-state index contributed by atoms with van der Waals surface area (Å²) in [4.78, 5) is 0.325. The molecule has 0 amide bonds. The quantitative estimate of drug-likeness (QED) is 0.607. The lowest BCUT2D eigenvalue weighted by Gasteiger charge is -2.12. The number of rotatable bonds is 3. The first-order chi connectivity index (χ1) is 8.58. The number of hydrogen-bond acceptors (Lipinski definition) is 2. The largest absolute Gasteiger partial charge is 0.389 e. The van der Waals surface area contributed by atoms with Crippen LogP contribution < -0.4 is 11.1 Å². The zero-order valence-electron chi connectivity index (χ0n) is 9.28. The first kappa shape index (κ1) is 13.6. The third-order valence-corrected chi connectivity index (χ3v) is 3.79. The lowest BCUT2D eigenvalue weighted by Crippen LogP contribution is -2.12. The van der Waals surface area contributed by atoms with Gasteiger partial charge in [0.25, 0.3) is 0 Å². The van der Waals surface area contributed by atoms with Crippen molar-refractivity contribution in [3.63, 3.8) is 0 Å². The number of benzene rings is 2. The molecule has 5 heteroatoms. The third kappa shape index (κ3) is 3.13. The topological polar surface area (TPSA) is 38.0 Å². The highest BCUT2D eigenvalue weighted by Gasteiger charge is 2.07. The maximum absolute atomic E-state index is 5.95. The van der Waals surface area contributed by atoms with Gasteiger partial charge in [-0.15, -0.1) is 0 Å². The molecule has 2 aromatic carbocycles. The maximum atomic E-state index is 5.95. The standard InChI is InChI=1S/C13H10ClIN2S/c14-8-5-6-11(9(7-8)13(16)18)17-12-4-2-1-3-10(12)15/h1-7,17H,(H2,16,18). The van der Waals surface area contributed by atoms with Gasteiger partial charge in [0, 0.05) is 19.8 Å². The second-order valence-corrected chi connectivity index (χ2v) is 5.70. The number of nitrogens with two attached hydrogens (primary N) is 1. The minimum Gasteiger partial charge on any atom is -0.389 e. The fraction of sp³-hybridized carbons (Fsp3) is 0. The van der Waals surface area contributed by atoms with Crippen LogP contribution in [0.3, 0.4) is 0 Å². The predicted molar refractivity (Wildman–Crippen MR) is 89.8 cm³/mol. The number of nitrogens with one attached hydrogen (secondary N) is 1. The van der Waals surface area contributed by atoms with Gasteiger partial charge < -0.3 is 11.1 Å². The number of anilines is 2. The molecule has 0 radical (unpaired) electrons. The van der Waals surface area contributed by atoms with E-state index in [4.69, 9.17) is 29.6 Å². The molecule has 0 unspecified atom stereocenters. The number of thiocarbonyl (C=S) groups is 1. The van der Waals surface area contributed by atoms with E-state index in [2.05, 4.69) is 27.9 Å². The molecule has 0 atom stereocenters. The van der Waals surface area contributed by atoms with E-state index in [9.17, 15) is 0 Å². The molecule has 18 heavy (non-hydrogen) atoms. The van der Waals surface area contributed by atoms with E-state index in [0.717, 1.165) is 20.5 Å². The highest BCUT2D eigenvalue weighted by atomic mass is 127. The zero-order valence-corrected chi connectivity index (χ0v) is 13.0. The molecule has 0 saturated carbocycles. The lowest BCUT2D eigenvalue weighted by atomic mass is 10.1. The monoisotopic (exact) mass is 388 g/mol. The first-order valence-electron chi connectivity index (χ1n) is 5.19. The van der Waals surface area contributed by atoms with Crippen molar-refractivity contribution < 1.29 is 0 Å². The van der Waals surface area contributed by atoms with Gasteiger partial charge in [0.2, 0.25) is 0 Å². The van der Waals surface area contributed by atoms with Crippen LogP contribution in [0, 0.1) is 3.57 Å². The maximum Gasteiger partial charge on any atom is 0.106 e. The van der Waals surface area contributed by atoms with Crippen molar-refractivity contribution in [2.24, 2.45) is 5.73 Å². The summed E-state index contributed by atoms with van der Waals surface area (Å²) in [5.41, 5.74) is 8.32. The van der Waals surface area contributed by atoms with E-state index >= 15 is 0 Å². The summed E-state index contributed by atoms with van der Waals surface area (Å²) in [7, 11) is 0. The van der Waals surface area contributed by atoms with Crippen LogP contribution in [0.4, 0.5) is 11.4 Å². The Hall–Kier alpha value is -0.850. The van der Waals surface area contributed by atoms with Gasteiger partial charge in [-0.3, -0.25) is 0 Å². The van der Waals surface area contributed by atoms with Gasteiger partial charge in [-0.25, -0.2) is 0 Å². The summed E-state index contributed by atoms with van der Waals surface area (Å²) >= 11 is 13.3. The molecule has 0 spiro atoms. The van der Waals surface area contributed by atoms with Crippen molar-refractivity contribution in [2.75, 3.05) is 5.32 Å². The molecule has 0 aliphatic rings. The van der Waals surface area contributed by atoms with E-state index in [1.165, 1.54) is 0 Å². The number of hydrogen-bond donors (Lipinski definition) is 2. The summed E-state index contributed by atoms with van der Waals surface area (Å²) in [5, 5.41) is 3.93. The SMILES string of the molecule is NC(=S)c1cc(Cl)ccc1Nc1ccccc1I. The van der Waals surface area contributed by atoms with Crippen LogP contribution in [0.1, 0.15) is 5.56 Å². The number of para-hydroxylation sites is 1. The molecular formula is C13H10ClIN2S. The van der Waals surface area contributed by atoms with Crippen molar-refractivity contribution in [2.45, 2.75) is 0 Å². The second kappa shape index (κ2) is 5.86. The second-order valence-electron chi connectivity index (χ2n) is 3.66. The Morgan fingerprint density at radius 3 is 2.56 bits per heavy atom. The normalized spacial score (nSPS) is 10.1. The van der Waals surface area contributed by atoms with Crippen molar-refractivity contribution in [3.05, 3.63) is 56.6 Å². The van der Waals surface area contributed by atoms with E-state index in [0.29, 0.717) is 10.0 Å². The van der Waals surface area contributed by atoms with Gasteiger partial charge in [0.15, 0.2) is 0 Å². The van der Waals surface area contributed by atoms with E-state index in [-0.39, 0.29) is 0 Å². The van der Waals surface area contributed by atoms with Crippen LogP contribution >= 0.6 is 46.4 Å². The highest BCUT2D eigenvalue weighted by Crippen LogP contribution is 2.26. The van der Waals surface area contributed by atoms with Gasteiger partial charge >= 0.3 is 0 Å². The van der Waals surface area contributed by atoms with Gasteiger partial charge in [0.05, 0.1) is 5.69 Å². The van der Waals surface area contributed by atoms with Crippen molar-refractivity contribution >= 4 is 62.8 Å². The average molecular weight is 389 g/mol. The van der Waals surface area contributed by atoms with Gasteiger partial charge in [-0.2, -0.15) is 0 Å². The summed E-state index contributed by atoms with van der Waals surface area (Å²) in [6.07, 6.45) is 0. The molecule has 0 aliphatic carbocycles. The summed E-state index contributed by atoms with van der Waals surface area (Å²) < 4.78 is 1.12. The molecule has 0 aliphatic heterocycles. The van der Waals surface area contributed by atoms with Crippen molar-refractivity contribution in [3.8, 4) is 0 Å². The third-order valence-electron chi connectivity index (χ3n) is 2.39. The fourth-order valence-corrected chi connectivity index (χ4v) is 2.40. The molecule has 2 aromatic rings. The van der Waals surface area contributed by atoms with Crippen LogP contribution in [0.15, 0.2) is 42.5 Å². The zero-order chi connectivity index (χ0) is 13.1. The van der Waals surface area contributed by atoms with Crippen LogP contribution in [0.2, 0.25) is 5.02 Å². The summed E-state index contributed by atoms with van der Waals surface area (Å²) in [6.45, 7) is 0.